The molecule has 0 N–H and O–H groups in total. The summed E-state index contributed by atoms with van der Waals surface area (Å²) in [7, 11) is 0. The smallest absolute Gasteiger partial charge is 0.330 e. The lowest BCUT2D eigenvalue weighted by atomic mass is 9.80. The molecule has 3 heteroatoms. The van der Waals surface area contributed by atoms with Crippen LogP contribution < -0.4 is 0 Å². The van der Waals surface area contributed by atoms with E-state index < -0.39 is 0 Å². The first-order valence-corrected chi connectivity index (χ1v) is 6.06. The lowest BCUT2D eigenvalue weighted by Crippen LogP contribution is -2.34. The van der Waals surface area contributed by atoms with Crippen LogP contribution in [0.4, 0.5) is 0 Å². The molecule has 0 saturated heterocycles. The summed E-state index contributed by atoms with van der Waals surface area (Å²) in [5, 5.41) is 0. The van der Waals surface area contributed by atoms with E-state index in [9.17, 15) is 9.59 Å². The van der Waals surface area contributed by atoms with Crippen LogP contribution in [0.2, 0.25) is 0 Å². The minimum atomic E-state index is -0.348. The number of esters is 1. The zero-order valence-corrected chi connectivity index (χ0v) is 9.22. The molecule has 5 unspecified atom stereocenters. The van der Waals surface area contributed by atoms with Crippen molar-refractivity contribution < 1.29 is 14.3 Å². The average molecular weight is 220 g/mol. The highest BCUT2D eigenvalue weighted by molar-refractivity contribution is 5.85. The van der Waals surface area contributed by atoms with Gasteiger partial charge in [-0.25, -0.2) is 4.79 Å². The molecule has 0 amide bonds. The first-order valence-electron chi connectivity index (χ1n) is 6.06. The Morgan fingerprint density at radius 3 is 2.94 bits per heavy atom. The molecule has 0 aliphatic heterocycles. The van der Waals surface area contributed by atoms with Crippen molar-refractivity contribution in [2.45, 2.75) is 31.8 Å². The molecule has 0 aromatic carbocycles. The van der Waals surface area contributed by atoms with Gasteiger partial charge >= 0.3 is 5.97 Å². The number of carbonyl (C=O) groups excluding carboxylic acids is 2. The number of Topliss-reactive ketones (excluding diaryl/α,β-unsaturated/α-hetero) is 1. The third-order valence-corrected chi connectivity index (χ3v) is 4.65. The van der Waals surface area contributed by atoms with Gasteiger partial charge in [-0.15, -0.1) is 0 Å². The van der Waals surface area contributed by atoms with Crippen LogP contribution in [0.1, 0.15) is 25.7 Å². The van der Waals surface area contributed by atoms with Crippen LogP contribution in [-0.2, 0) is 14.3 Å². The zero-order valence-electron chi connectivity index (χ0n) is 9.22. The highest BCUT2D eigenvalue weighted by Crippen LogP contribution is 2.58. The third-order valence-electron chi connectivity index (χ3n) is 4.65. The Morgan fingerprint density at radius 2 is 2.19 bits per heavy atom. The van der Waals surface area contributed by atoms with Crippen molar-refractivity contribution in [2.24, 2.45) is 23.7 Å². The molecule has 0 radical (unpaired) electrons. The number of rotatable bonds is 2. The Bertz CT molecular complexity index is 360. The Labute approximate surface area is 94.8 Å². The Balaban J connectivity index is 1.76. The van der Waals surface area contributed by atoms with Gasteiger partial charge in [-0.1, -0.05) is 6.58 Å². The molecule has 3 rings (SSSR count). The maximum atomic E-state index is 11.8. The summed E-state index contributed by atoms with van der Waals surface area (Å²) in [5.41, 5.74) is 0. The van der Waals surface area contributed by atoms with Crippen LogP contribution in [0.3, 0.4) is 0 Å². The van der Waals surface area contributed by atoms with Crippen LogP contribution in [-0.4, -0.2) is 17.9 Å². The van der Waals surface area contributed by atoms with Crippen molar-refractivity contribution in [3.8, 4) is 0 Å². The second-order valence-electron chi connectivity index (χ2n) is 5.27. The largest absolute Gasteiger partial charge is 0.459 e. The molecule has 3 fully saturated rings. The monoisotopic (exact) mass is 220 g/mol. The maximum Gasteiger partial charge on any atom is 0.330 e. The molecule has 86 valence electrons. The minimum absolute atomic E-state index is 0.0289. The summed E-state index contributed by atoms with van der Waals surface area (Å²) >= 11 is 0. The summed E-state index contributed by atoms with van der Waals surface area (Å²) < 4.78 is 5.34. The van der Waals surface area contributed by atoms with E-state index in [1.807, 2.05) is 0 Å². The van der Waals surface area contributed by atoms with Gasteiger partial charge in [0, 0.05) is 24.3 Å². The highest BCUT2D eigenvalue weighted by atomic mass is 16.5. The van der Waals surface area contributed by atoms with Crippen LogP contribution in [0.5, 0.6) is 0 Å². The minimum Gasteiger partial charge on any atom is -0.459 e. The van der Waals surface area contributed by atoms with E-state index in [-0.39, 0.29) is 18.0 Å². The van der Waals surface area contributed by atoms with E-state index >= 15 is 0 Å². The topological polar surface area (TPSA) is 43.4 Å². The van der Waals surface area contributed by atoms with Gasteiger partial charge in [0.05, 0.1) is 0 Å². The van der Waals surface area contributed by atoms with Crippen molar-refractivity contribution in [3.05, 3.63) is 12.7 Å². The van der Waals surface area contributed by atoms with Gasteiger partial charge in [0.1, 0.15) is 11.9 Å². The van der Waals surface area contributed by atoms with Crippen molar-refractivity contribution in [1.29, 1.82) is 0 Å². The summed E-state index contributed by atoms with van der Waals surface area (Å²) in [6.45, 7) is 3.40. The first-order chi connectivity index (χ1) is 7.70. The van der Waals surface area contributed by atoms with E-state index in [1.54, 1.807) is 0 Å². The Hall–Kier alpha value is -1.12. The van der Waals surface area contributed by atoms with E-state index in [0.717, 1.165) is 25.7 Å². The molecule has 0 aromatic rings. The molecule has 3 nitrogen and oxygen atoms in total. The molecule has 16 heavy (non-hydrogen) atoms. The van der Waals surface area contributed by atoms with Gasteiger partial charge in [0.25, 0.3) is 0 Å². The van der Waals surface area contributed by atoms with E-state index in [0.29, 0.717) is 23.5 Å². The third kappa shape index (κ3) is 1.27. The molecular formula is C13H16O3. The number of fused-ring (bicyclic) bond motifs is 5. The summed E-state index contributed by atoms with van der Waals surface area (Å²) in [4.78, 5) is 23.0. The SMILES string of the molecule is C=CC(=O)OC1CC2CC1C1C(=O)CCC21. The second-order valence-corrected chi connectivity index (χ2v) is 5.27. The number of hydrogen-bond acceptors (Lipinski definition) is 3. The van der Waals surface area contributed by atoms with Gasteiger partial charge in [0.15, 0.2) is 0 Å². The molecule has 3 aliphatic carbocycles. The van der Waals surface area contributed by atoms with E-state index in [1.165, 1.54) is 6.08 Å². The molecule has 0 spiro atoms. The summed E-state index contributed by atoms with van der Waals surface area (Å²) in [6, 6.07) is 0. The van der Waals surface area contributed by atoms with Crippen LogP contribution >= 0.6 is 0 Å². The predicted octanol–water partition coefficient (Wildman–Crippen LogP) is 1.72. The number of ether oxygens (including phenoxy) is 1. The standard InChI is InChI=1S/C13H16O3/c1-2-12(15)16-11-6-7-5-9(11)13-8(7)3-4-10(13)14/h2,7-9,11,13H,1,3-6H2. The second kappa shape index (κ2) is 3.44. The fourth-order valence-electron chi connectivity index (χ4n) is 4.11. The van der Waals surface area contributed by atoms with Crippen molar-refractivity contribution >= 4 is 11.8 Å². The number of carbonyl (C=O) groups is 2. The average Bonchev–Trinajstić information content (AvgIpc) is 2.91. The molecule has 3 aliphatic rings. The van der Waals surface area contributed by atoms with Gasteiger partial charge in [-0.2, -0.15) is 0 Å². The molecule has 2 bridgehead atoms. The molecule has 0 heterocycles. The van der Waals surface area contributed by atoms with Crippen LogP contribution in [0.25, 0.3) is 0 Å². The number of ketones is 1. The van der Waals surface area contributed by atoms with E-state index in [4.69, 9.17) is 4.74 Å². The fourth-order valence-corrected chi connectivity index (χ4v) is 4.11. The summed E-state index contributed by atoms with van der Waals surface area (Å²) in [6.07, 6.45) is 5.02. The van der Waals surface area contributed by atoms with Crippen molar-refractivity contribution in [3.63, 3.8) is 0 Å². The van der Waals surface area contributed by atoms with Gasteiger partial charge in [-0.05, 0) is 31.1 Å². The lowest BCUT2D eigenvalue weighted by Gasteiger charge is -2.29. The predicted molar refractivity (Wildman–Crippen MR) is 57.5 cm³/mol. The zero-order chi connectivity index (χ0) is 11.3. The highest BCUT2D eigenvalue weighted by Gasteiger charge is 2.58. The first kappa shape index (κ1) is 10.1. The quantitative estimate of drug-likeness (QED) is 0.525. The van der Waals surface area contributed by atoms with Crippen molar-refractivity contribution in [2.75, 3.05) is 0 Å². The van der Waals surface area contributed by atoms with Gasteiger partial charge in [-0.3, -0.25) is 4.79 Å². The van der Waals surface area contributed by atoms with Gasteiger partial charge in [0.2, 0.25) is 0 Å². The molecular weight excluding hydrogens is 204 g/mol. The van der Waals surface area contributed by atoms with Crippen LogP contribution in [0.15, 0.2) is 12.7 Å². The fraction of sp³-hybridized carbons (Fsp3) is 0.692. The Kier molecular flexibility index (Phi) is 2.16. The summed E-state index contributed by atoms with van der Waals surface area (Å²) in [5.74, 6) is 1.76. The Morgan fingerprint density at radius 1 is 1.38 bits per heavy atom. The molecule has 3 saturated carbocycles. The molecule has 5 atom stereocenters. The lowest BCUT2D eigenvalue weighted by molar-refractivity contribution is -0.148. The van der Waals surface area contributed by atoms with Crippen LogP contribution in [0, 0.1) is 23.7 Å². The van der Waals surface area contributed by atoms with E-state index in [2.05, 4.69) is 6.58 Å². The normalized spacial score (nSPS) is 44.5. The van der Waals surface area contributed by atoms with Crippen molar-refractivity contribution in [1.82, 2.24) is 0 Å². The molecule has 0 aromatic heterocycles. The van der Waals surface area contributed by atoms with Gasteiger partial charge < -0.3 is 4.74 Å². The maximum absolute atomic E-state index is 11.8. The number of hydrogen-bond donors (Lipinski definition) is 0.